The van der Waals surface area contributed by atoms with E-state index >= 15 is 0 Å². The number of rotatable bonds is 5. The number of nitrogens with zero attached hydrogens (tertiary/aromatic N) is 3. The zero-order valence-corrected chi connectivity index (χ0v) is 15.4. The second kappa shape index (κ2) is 7.33. The van der Waals surface area contributed by atoms with Gasteiger partial charge in [0.2, 0.25) is 0 Å². The van der Waals surface area contributed by atoms with Crippen LogP contribution < -0.4 is 0 Å². The van der Waals surface area contributed by atoms with Crippen LogP contribution in [0.15, 0.2) is 63.7 Å². The van der Waals surface area contributed by atoms with Gasteiger partial charge < -0.3 is 5.11 Å². The molecule has 3 aromatic carbocycles. The van der Waals surface area contributed by atoms with Gasteiger partial charge >= 0.3 is 0 Å². The van der Waals surface area contributed by atoms with E-state index in [1.807, 2.05) is 0 Å². The summed E-state index contributed by atoms with van der Waals surface area (Å²) in [4.78, 5) is 10.2. The van der Waals surface area contributed by atoms with Crippen LogP contribution in [-0.2, 0) is 16.5 Å². The number of nitro benzene ring substituents is 1. The second-order valence-electron chi connectivity index (χ2n) is 5.91. The fraction of sp³-hybridized carbons (Fsp3) is 0.111. The number of aromatic hydroxyl groups is 1. The Morgan fingerprint density at radius 1 is 1.07 bits per heavy atom. The molecule has 0 aliphatic carbocycles. The summed E-state index contributed by atoms with van der Waals surface area (Å²) in [5.41, 5.74) is 0.814. The van der Waals surface area contributed by atoms with Crippen LogP contribution in [0, 0.1) is 10.1 Å². The summed E-state index contributed by atoms with van der Waals surface area (Å²) in [6.45, 7) is 1.77. The number of fused-ring (bicyclic) bond motifs is 1. The Labute approximate surface area is 159 Å². The summed E-state index contributed by atoms with van der Waals surface area (Å²) in [6, 6.07) is 11.1. The highest BCUT2D eigenvalue weighted by atomic mass is 32.2. The molecule has 0 heterocycles. The minimum Gasteiger partial charge on any atom is -0.506 e. The lowest BCUT2D eigenvalue weighted by Gasteiger charge is -2.06. The van der Waals surface area contributed by atoms with Crippen molar-refractivity contribution in [2.75, 3.05) is 0 Å². The maximum absolute atomic E-state index is 11.4. The van der Waals surface area contributed by atoms with E-state index in [9.17, 15) is 28.2 Å². The molecule has 10 heteroatoms. The van der Waals surface area contributed by atoms with Gasteiger partial charge in [-0.1, -0.05) is 19.1 Å². The molecule has 0 spiro atoms. The Balaban J connectivity index is 2.11. The second-order valence-corrected chi connectivity index (χ2v) is 7.34. The van der Waals surface area contributed by atoms with E-state index in [0.717, 1.165) is 0 Å². The lowest BCUT2D eigenvalue weighted by Crippen LogP contribution is -1.97. The van der Waals surface area contributed by atoms with Crippen molar-refractivity contribution in [1.82, 2.24) is 0 Å². The summed E-state index contributed by atoms with van der Waals surface area (Å²) >= 11 is 0. The summed E-state index contributed by atoms with van der Waals surface area (Å²) in [5, 5.41) is 30.0. The van der Waals surface area contributed by atoms with Crippen molar-refractivity contribution >= 4 is 38.0 Å². The SMILES string of the molecule is CCc1cc(N=Nc2c(O)ccc3ccc(S(=O)(=O)O)cc23)ccc1[N+](=O)[O-]. The average molecular weight is 401 g/mol. The normalized spacial score (nSPS) is 11.9. The standard InChI is InChI=1S/C18H15N3O6S/c1-2-11-9-13(5-7-16(11)21(23)24)19-20-18-15-10-14(28(25,26)27)6-3-12(15)4-8-17(18)22/h3-10,22H,2H2,1H3,(H,25,26,27). The van der Waals surface area contributed by atoms with Crippen molar-refractivity contribution in [2.24, 2.45) is 10.2 Å². The zero-order valence-electron chi connectivity index (χ0n) is 14.6. The summed E-state index contributed by atoms with van der Waals surface area (Å²) in [5.74, 6) is -0.235. The summed E-state index contributed by atoms with van der Waals surface area (Å²) < 4.78 is 32.0. The molecule has 0 bridgehead atoms. The maximum Gasteiger partial charge on any atom is 0.294 e. The minimum atomic E-state index is -4.43. The van der Waals surface area contributed by atoms with Crippen LogP contribution in [0.2, 0.25) is 0 Å². The van der Waals surface area contributed by atoms with E-state index in [1.165, 1.54) is 42.5 Å². The number of phenolic OH excluding ortho intramolecular Hbond substituents is 1. The first-order valence-electron chi connectivity index (χ1n) is 8.13. The van der Waals surface area contributed by atoms with Gasteiger partial charge in [0.25, 0.3) is 15.8 Å². The van der Waals surface area contributed by atoms with Crippen LogP contribution in [0.5, 0.6) is 5.75 Å². The average Bonchev–Trinajstić information content (AvgIpc) is 2.65. The fourth-order valence-electron chi connectivity index (χ4n) is 2.74. The number of azo groups is 1. The van der Waals surface area contributed by atoms with Gasteiger partial charge in [-0.05, 0) is 42.1 Å². The molecule has 0 saturated carbocycles. The number of aryl methyl sites for hydroxylation is 1. The number of hydrogen-bond donors (Lipinski definition) is 2. The lowest BCUT2D eigenvalue weighted by molar-refractivity contribution is -0.385. The number of nitro groups is 1. The van der Waals surface area contributed by atoms with Crippen LogP contribution in [0.4, 0.5) is 17.1 Å². The molecule has 144 valence electrons. The Morgan fingerprint density at radius 3 is 2.43 bits per heavy atom. The third-order valence-corrected chi connectivity index (χ3v) is 5.00. The van der Waals surface area contributed by atoms with Gasteiger partial charge in [0.05, 0.1) is 15.5 Å². The summed E-state index contributed by atoms with van der Waals surface area (Å²) in [7, 11) is -4.43. The highest BCUT2D eigenvalue weighted by Gasteiger charge is 2.15. The molecule has 0 unspecified atom stereocenters. The molecule has 0 fully saturated rings. The van der Waals surface area contributed by atoms with E-state index in [2.05, 4.69) is 10.2 Å². The molecule has 0 aliphatic heterocycles. The van der Waals surface area contributed by atoms with Gasteiger partial charge in [0.15, 0.2) is 0 Å². The Hall–Kier alpha value is -3.37. The van der Waals surface area contributed by atoms with Gasteiger partial charge in [0.1, 0.15) is 11.4 Å². The third kappa shape index (κ3) is 3.82. The van der Waals surface area contributed by atoms with Gasteiger partial charge in [-0.2, -0.15) is 13.5 Å². The van der Waals surface area contributed by atoms with Crippen molar-refractivity contribution in [3.8, 4) is 5.75 Å². The molecule has 0 saturated heterocycles. The Kier molecular flexibility index (Phi) is 5.08. The quantitative estimate of drug-likeness (QED) is 0.275. The van der Waals surface area contributed by atoms with Crippen LogP contribution >= 0.6 is 0 Å². The topological polar surface area (TPSA) is 142 Å². The van der Waals surface area contributed by atoms with E-state index < -0.39 is 15.0 Å². The first-order valence-corrected chi connectivity index (χ1v) is 9.57. The van der Waals surface area contributed by atoms with Gasteiger partial charge in [-0.3, -0.25) is 14.7 Å². The third-order valence-electron chi connectivity index (χ3n) is 4.15. The Morgan fingerprint density at radius 2 is 1.79 bits per heavy atom. The van der Waals surface area contributed by atoms with E-state index in [1.54, 1.807) is 13.0 Å². The Bertz CT molecular complexity index is 1220. The fourth-order valence-corrected chi connectivity index (χ4v) is 3.25. The predicted molar refractivity (Wildman–Crippen MR) is 102 cm³/mol. The van der Waals surface area contributed by atoms with Crippen LogP contribution in [0.3, 0.4) is 0 Å². The van der Waals surface area contributed by atoms with Crippen molar-refractivity contribution in [1.29, 1.82) is 0 Å². The summed E-state index contributed by atoms with van der Waals surface area (Å²) in [6.07, 6.45) is 0.427. The maximum atomic E-state index is 11.4. The molecule has 9 nitrogen and oxygen atoms in total. The van der Waals surface area contributed by atoms with Crippen molar-refractivity contribution in [3.63, 3.8) is 0 Å². The molecule has 3 rings (SSSR count). The van der Waals surface area contributed by atoms with Gasteiger partial charge in [-0.25, -0.2) is 0 Å². The monoisotopic (exact) mass is 401 g/mol. The molecule has 0 radical (unpaired) electrons. The van der Waals surface area contributed by atoms with E-state index in [-0.39, 0.29) is 27.4 Å². The molecule has 3 aromatic rings. The number of phenols is 1. The van der Waals surface area contributed by atoms with Crippen molar-refractivity contribution < 1.29 is 23.0 Å². The van der Waals surface area contributed by atoms with Crippen molar-refractivity contribution in [2.45, 2.75) is 18.2 Å². The van der Waals surface area contributed by atoms with Gasteiger partial charge in [-0.15, -0.1) is 5.11 Å². The molecule has 2 N–H and O–H groups in total. The van der Waals surface area contributed by atoms with Crippen LogP contribution in [0.25, 0.3) is 10.8 Å². The molecule has 0 atom stereocenters. The highest BCUT2D eigenvalue weighted by molar-refractivity contribution is 7.85. The minimum absolute atomic E-state index is 0.0133. The van der Waals surface area contributed by atoms with E-state index in [4.69, 9.17) is 0 Å². The molecule has 0 aromatic heterocycles. The van der Waals surface area contributed by atoms with Crippen molar-refractivity contribution in [3.05, 3.63) is 64.2 Å². The number of hydrogen-bond acceptors (Lipinski definition) is 7. The number of benzene rings is 3. The largest absolute Gasteiger partial charge is 0.506 e. The van der Waals surface area contributed by atoms with Crippen LogP contribution in [-0.4, -0.2) is 23.0 Å². The molecule has 0 aliphatic rings. The predicted octanol–water partition coefficient (Wildman–Crippen LogP) is 4.68. The highest BCUT2D eigenvalue weighted by Crippen LogP contribution is 2.37. The molecular weight excluding hydrogens is 386 g/mol. The zero-order chi connectivity index (χ0) is 20.5. The lowest BCUT2D eigenvalue weighted by atomic mass is 10.1. The first-order chi connectivity index (χ1) is 13.2. The first kappa shape index (κ1) is 19.4. The molecule has 0 amide bonds. The van der Waals surface area contributed by atoms with Crippen LogP contribution in [0.1, 0.15) is 12.5 Å². The van der Waals surface area contributed by atoms with E-state index in [0.29, 0.717) is 23.1 Å². The smallest absolute Gasteiger partial charge is 0.294 e. The molecular formula is C18H15N3O6S. The van der Waals surface area contributed by atoms with Gasteiger partial charge in [0, 0.05) is 17.0 Å². The molecule has 28 heavy (non-hydrogen) atoms.